The molecule has 0 spiro atoms. The third kappa shape index (κ3) is 5.65. The van der Waals surface area contributed by atoms with E-state index in [1.165, 1.54) is 15.9 Å². The first-order valence-corrected chi connectivity index (χ1v) is 14.8. The molecular formula is C33H30N2O7S. The van der Waals surface area contributed by atoms with Crippen LogP contribution in [0.3, 0.4) is 0 Å². The monoisotopic (exact) mass is 598 g/mol. The van der Waals surface area contributed by atoms with E-state index in [1.54, 1.807) is 19.9 Å². The van der Waals surface area contributed by atoms with Crippen LogP contribution in [0.4, 0.5) is 0 Å². The maximum absolute atomic E-state index is 13.6. The summed E-state index contributed by atoms with van der Waals surface area (Å²) in [6.45, 7) is 6.55. The van der Waals surface area contributed by atoms with Gasteiger partial charge in [0.05, 0.1) is 23.3 Å². The first-order valence-electron chi connectivity index (χ1n) is 14.0. The van der Waals surface area contributed by atoms with Crippen molar-refractivity contribution in [2.24, 2.45) is 4.99 Å². The Morgan fingerprint density at radius 1 is 1.00 bits per heavy atom. The molecule has 10 heteroatoms. The summed E-state index contributed by atoms with van der Waals surface area (Å²) in [5, 5.41) is 0. The average molecular weight is 599 g/mol. The molecule has 0 aliphatic carbocycles. The van der Waals surface area contributed by atoms with Crippen molar-refractivity contribution < 1.29 is 28.5 Å². The molecule has 6 rings (SSSR count). The number of hydrogen-bond acceptors (Lipinski definition) is 9. The van der Waals surface area contributed by atoms with Gasteiger partial charge in [-0.25, -0.2) is 9.79 Å². The van der Waals surface area contributed by atoms with E-state index in [9.17, 15) is 9.59 Å². The van der Waals surface area contributed by atoms with Gasteiger partial charge in [0.25, 0.3) is 5.56 Å². The molecule has 1 atom stereocenters. The van der Waals surface area contributed by atoms with Gasteiger partial charge in [0, 0.05) is 5.70 Å². The van der Waals surface area contributed by atoms with Gasteiger partial charge in [-0.05, 0) is 67.8 Å². The van der Waals surface area contributed by atoms with Crippen molar-refractivity contribution in [2.45, 2.75) is 33.4 Å². The fourth-order valence-electron chi connectivity index (χ4n) is 5.03. The van der Waals surface area contributed by atoms with Gasteiger partial charge in [-0.1, -0.05) is 53.8 Å². The molecule has 2 aliphatic rings. The van der Waals surface area contributed by atoms with Crippen molar-refractivity contribution >= 4 is 29.1 Å². The molecule has 3 aromatic carbocycles. The summed E-state index contributed by atoms with van der Waals surface area (Å²) in [5.41, 5.74) is 3.04. The number of thiazole rings is 1. The highest BCUT2D eigenvalue weighted by molar-refractivity contribution is 7.07. The van der Waals surface area contributed by atoms with Crippen LogP contribution in [0.5, 0.6) is 23.0 Å². The Morgan fingerprint density at radius 2 is 1.81 bits per heavy atom. The largest absolute Gasteiger partial charge is 0.490 e. The number of fused-ring (bicyclic) bond motifs is 2. The lowest BCUT2D eigenvalue weighted by atomic mass is 9.96. The number of allylic oxidation sites excluding steroid dienone is 1. The zero-order chi connectivity index (χ0) is 29.9. The van der Waals surface area contributed by atoms with Crippen LogP contribution in [0.1, 0.15) is 43.5 Å². The summed E-state index contributed by atoms with van der Waals surface area (Å²) in [4.78, 5) is 32.3. The van der Waals surface area contributed by atoms with E-state index in [0.717, 1.165) is 11.1 Å². The molecule has 0 fully saturated rings. The number of rotatable bonds is 9. The second-order valence-electron chi connectivity index (χ2n) is 9.81. The lowest BCUT2D eigenvalue weighted by molar-refractivity contribution is -0.138. The highest BCUT2D eigenvalue weighted by Gasteiger charge is 2.32. The maximum Gasteiger partial charge on any atom is 0.338 e. The minimum atomic E-state index is -0.710. The predicted octanol–water partition coefficient (Wildman–Crippen LogP) is 4.61. The van der Waals surface area contributed by atoms with E-state index in [1.807, 2.05) is 73.7 Å². The van der Waals surface area contributed by atoms with Crippen molar-refractivity contribution in [1.29, 1.82) is 0 Å². The Kier molecular flexibility index (Phi) is 8.02. The molecule has 2 aliphatic heterocycles. The third-order valence-electron chi connectivity index (χ3n) is 7.05. The molecule has 43 heavy (non-hydrogen) atoms. The van der Waals surface area contributed by atoms with Gasteiger partial charge in [-0.2, -0.15) is 0 Å². The molecule has 220 valence electrons. The number of benzene rings is 3. The van der Waals surface area contributed by atoms with E-state index in [0.29, 0.717) is 62.4 Å². The quantitative estimate of drug-likeness (QED) is 0.260. The molecule has 3 heterocycles. The van der Waals surface area contributed by atoms with E-state index in [-0.39, 0.29) is 19.0 Å². The summed E-state index contributed by atoms with van der Waals surface area (Å²) in [5.74, 6) is 1.89. The smallest absolute Gasteiger partial charge is 0.338 e. The summed E-state index contributed by atoms with van der Waals surface area (Å²) < 4.78 is 30.3. The fourth-order valence-corrected chi connectivity index (χ4v) is 6.07. The molecule has 0 radical (unpaired) electrons. The Bertz CT molecular complexity index is 1890. The van der Waals surface area contributed by atoms with E-state index < -0.39 is 12.0 Å². The number of aromatic nitrogens is 1. The number of ether oxygens (including phenoxy) is 5. The standard InChI is InChI=1S/C33H30N2O7S/c1-4-38-27-17-23(12-14-24(27)40-18-21-9-7-6-8-10-21)30-29(32(37)39-5-2)20(3)35-31(36)28(43-33(35)34-30)16-22-11-13-25-26(15-22)42-19-41-25/h6-17,30H,4-5,18-19H2,1-3H3/b28-16-/t30-/m0/s1. The van der Waals surface area contributed by atoms with Crippen LogP contribution in [0.15, 0.2) is 82.1 Å². The molecule has 0 amide bonds. The molecule has 0 saturated heterocycles. The van der Waals surface area contributed by atoms with Crippen LogP contribution >= 0.6 is 11.3 Å². The maximum atomic E-state index is 13.6. The zero-order valence-electron chi connectivity index (χ0n) is 24.0. The van der Waals surface area contributed by atoms with Crippen LogP contribution in [-0.2, 0) is 16.1 Å². The van der Waals surface area contributed by atoms with Gasteiger partial charge in [0.2, 0.25) is 6.79 Å². The second kappa shape index (κ2) is 12.2. The SMILES string of the molecule is CCOC(=O)C1=C(C)n2c(s/c(=C\c3ccc4c(c3)OCO4)c2=O)=N[C@H]1c1ccc(OCc2ccccc2)c(OCC)c1. The Morgan fingerprint density at radius 3 is 2.60 bits per heavy atom. The topological polar surface area (TPSA) is 97.6 Å². The summed E-state index contributed by atoms with van der Waals surface area (Å²) in [7, 11) is 0. The molecule has 0 bridgehead atoms. The van der Waals surface area contributed by atoms with Gasteiger partial charge >= 0.3 is 5.97 Å². The number of esters is 1. The molecule has 0 saturated carbocycles. The van der Waals surface area contributed by atoms with E-state index >= 15 is 0 Å². The van der Waals surface area contributed by atoms with Crippen molar-refractivity contribution in [3.8, 4) is 23.0 Å². The van der Waals surface area contributed by atoms with E-state index in [2.05, 4.69) is 0 Å². The van der Waals surface area contributed by atoms with E-state index in [4.69, 9.17) is 28.7 Å². The lowest BCUT2D eigenvalue weighted by Crippen LogP contribution is -2.35. The first-order chi connectivity index (χ1) is 21.0. The highest BCUT2D eigenvalue weighted by Crippen LogP contribution is 2.38. The first kappa shape index (κ1) is 28.3. The van der Waals surface area contributed by atoms with Crippen LogP contribution in [0.25, 0.3) is 11.8 Å². The summed E-state index contributed by atoms with van der Waals surface area (Å²) >= 11 is 1.26. The number of hydrogen-bond donors (Lipinski definition) is 0. The van der Waals surface area contributed by atoms with Crippen molar-refractivity contribution in [1.82, 2.24) is 4.57 Å². The van der Waals surface area contributed by atoms with Crippen LogP contribution in [-0.4, -0.2) is 30.5 Å². The minimum absolute atomic E-state index is 0.167. The van der Waals surface area contributed by atoms with Crippen LogP contribution in [0.2, 0.25) is 0 Å². The predicted molar refractivity (Wildman–Crippen MR) is 162 cm³/mol. The normalized spacial score (nSPS) is 15.6. The van der Waals surface area contributed by atoms with Crippen LogP contribution < -0.4 is 33.8 Å². The Labute approximate surface area is 251 Å². The average Bonchev–Trinajstić information content (AvgIpc) is 3.61. The number of nitrogens with zero attached hydrogens (tertiary/aromatic N) is 2. The highest BCUT2D eigenvalue weighted by atomic mass is 32.1. The molecule has 0 unspecified atom stereocenters. The van der Waals surface area contributed by atoms with Crippen molar-refractivity contribution in [3.05, 3.63) is 109 Å². The Balaban J connectivity index is 1.42. The summed E-state index contributed by atoms with van der Waals surface area (Å²) in [6, 6.07) is 20.2. The summed E-state index contributed by atoms with van der Waals surface area (Å²) in [6.07, 6.45) is 1.79. The molecular weight excluding hydrogens is 568 g/mol. The second-order valence-corrected chi connectivity index (χ2v) is 10.8. The molecule has 9 nitrogen and oxygen atoms in total. The van der Waals surface area contributed by atoms with Crippen molar-refractivity contribution in [2.75, 3.05) is 20.0 Å². The van der Waals surface area contributed by atoms with Gasteiger partial charge in [0.15, 0.2) is 27.8 Å². The third-order valence-corrected chi connectivity index (χ3v) is 8.04. The van der Waals surface area contributed by atoms with Gasteiger partial charge in [-0.15, -0.1) is 0 Å². The molecule has 0 N–H and O–H groups in total. The fraction of sp³-hybridized carbons (Fsp3) is 0.242. The van der Waals surface area contributed by atoms with Crippen LogP contribution in [0, 0.1) is 0 Å². The molecule has 4 aromatic rings. The van der Waals surface area contributed by atoms with Gasteiger partial charge in [-0.3, -0.25) is 9.36 Å². The van der Waals surface area contributed by atoms with Gasteiger partial charge in [0.1, 0.15) is 12.6 Å². The Hall–Kier alpha value is -4.83. The molecule has 1 aromatic heterocycles. The number of carbonyl (C=O) groups excluding carboxylic acids is 1. The zero-order valence-corrected chi connectivity index (χ0v) is 24.8. The lowest BCUT2D eigenvalue weighted by Gasteiger charge is -2.23. The minimum Gasteiger partial charge on any atom is -0.490 e. The van der Waals surface area contributed by atoms with Crippen molar-refractivity contribution in [3.63, 3.8) is 0 Å². The van der Waals surface area contributed by atoms with Gasteiger partial charge < -0.3 is 23.7 Å². The number of carbonyl (C=O) groups is 1.